The molecule has 1 amide bonds. The molecule has 4 nitrogen and oxygen atoms in total. The van der Waals surface area contributed by atoms with Crippen molar-refractivity contribution in [2.24, 2.45) is 0 Å². The Bertz CT molecular complexity index is 317. The van der Waals surface area contributed by atoms with Crippen molar-refractivity contribution in [1.29, 1.82) is 0 Å². The summed E-state index contributed by atoms with van der Waals surface area (Å²) in [6, 6.07) is -0.706. The second kappa shape index (κ2) is 7.62. The first-order valence-corrected chi connectivity index (χ1v) is 6.89. The highest BCUT2D eigenvalue weighted by Gasteiger charge is 2.32. The van der Waals surface area contributed by atoms with E-state index >= 15 is 0 Å². The van der Waals surface area contributed by atoms with Gasteiger partial charge in [-0.3, -0.25) is 4.79 Å². The van der Waals surface area contributed by atoms with Crippen LogP contribution in [0.2, 0.25) is 0 Å². The summed E-state index contributed by atoms with van der Waals surface area (Å²) in [5, 5.41) is 0. The summed E-state index contributed by atoms with van der Waals surface area (Å²) >= 11 is 5.60. The molecule has 1 unspecified atom stereocenters. The molecule has 1 fully saturated rings. The molecule has 0 N–H and O–H groups in total. The van der Waals surface area contributed by atoms with Crippen molar-refractivity contribution >= 4 is 23.5 Å². The van der Waals surface area contributed by atoms with Crippen molar-refractivity contribution in [2.75, 3.05) is 13.0 Å². The minimum atomic E-state index is -1.37. The van der Waals surface area contributed by atoms with Crippen LogP contribution >= 0.6 is 11.6 Å². The number of ether oxygens (including phenoxy) is 1. The molecule has 1 saturated carbocycles. The number of halogens is 1. The molecule has 2 atom stereocenters. The summed E-state index contributed by atoms with van der Waals surface area (Å²) in [4.78, 5) is 25.3. The quantitative estimate of drug-likeness (QED) is 0.450. The predicted octanol–water partition coefficient (Wildman–Crippen LogP) is 2.34. The molecule has 18 heavy (non-hydrogen) atoms. The van der Waals surface area contributed by atoms with Crippen LogP contribution in [0.1, 0.15) is 46.8 Å². The lowest BCUT2D eigenvalue weighted by atomic mass is 10.0. The second-order valence-corrected chi connectivity index (χ2v) is 4.92. The smallest absolute Gasteiger partial charge is 0.328 e. The minimum Gasteiger partial charge on any atom is -0.467 e. The fraction of sp³-hybridized carbons (Fsp3) is 0.846. The van der Waals surface area contributed by atoms with E-state index in [1.807, 2.05) is 0 Å². The Labute approximate surface area is 115 Å². The Balaban J connectivity index is 2.89. The van der Waals surface area contributed by atoms with E-state index in [0.717, 1.165) is 38.5 Å². The van der Waals surface area contributed by atoms with Crippen molar-refractivity contribution < 1.29 is 15.7 Å². The average molecular weight is 277 g/mol. The van der Waals surface area contributed by atoms with Gasteiger partial charge in [-0.15, -0.1) is 11.6 Å². The first kappa shape index (κ1) is 13.7. The topological polar surface area (TPSA) is 46.6 Å². The van der Waals surface area contributed by atoms with Gasteiger partial charge in [-0.2, -0.15) is 0 Å². The Morgan fingerprint density at radius 2 is 1.94 bits per heavy atom. The number of nitrogens with zero attached hydrogens (tertiary/aromatic N) is 1. The Kier molecular flexibility index (Phi) is 5.78. The number of methoxy groups -OCH3 is 1. The molecule has 1 aliphatic carbocycles. The lowest BCUT2D eigenvalue weighted by Crippen LogP contribution is -2.50. The summed E-state index contributed by atoms with van der Waals surface area (Å²) < 4.78 is 12.1. The number of esters is 1. The van der Waals surface area contributed by atoms with E-state index in [2.05, 4.69) is 0 Å². The lowest BCUT2D eigenvalue weighted by Gasteiger charge is -2.34. The van der Waals surface area contributed by atoms with Gasteiger partial charge in [0.05, 0.1) is 8.48 Å². The second-order valence-electron chi connectivity index (χ2n) is 4.70. The van der Waals surface area contributed by atoms with Crippen molar-refractivity contribution in [1.82, 2.24) is 4.90 Å². The van der Waals surface area contributed by atoms with Gasteiger partial charge < -0.3 is 9.64 Å². The van der Waals surface area contributed by atoms with Gasteiger partial charge >= 0.3 is 5.97 Å². The van der Waals surface area contributed by atoms with Crippen molar-refractivity contribution in [3.8, 4) is 0 Å². The maximum atomic E-state index is 12.1. The summed E-state index contributed by atoms with van der Waals surface area (Å²) in [5.41, 5.74) is 0. The molecular weight excluding hydrogens is 254 g/mol. The van der Waals surface area contributed by atoms with E-state index in [1.54, 1.807) is 6.92 Å². The summed E-state index contributed by atoms with van der Waals surface area (Å²) in [5.74, 6) is -2.34. The largest absolute Gasteiger partial charge is 0.467 e. The highest BCUT2D eigenvalue weighted by molar-refractivity contribution is 6.27. The standard InChI is InChI=1S/C13H22ClNO3/c1-10(13(17)18-2)15(12(16)9-14)11-7-5-3-4-6-8-11/h10-11H,3-9H2,1-2H3/t10-/m0/s1/i9D/t9?,10-. The van der Waals surface area contributed by atoms with Crippen LogP contribution in [-0.2, 0) is 14.3 Å². The van der Waals surface area contributed by atoms with Crippen LogP contribution in [0.4, 0.5) is 0 Å². The normalized spacial score (nSPS) is 21.4. The molecule has 1 rings (SSSR count). The molecule has 0 bridgehead atoms. The highest BCUT2D eigenvalue weighted by Crippen LogP contribution is 2.24. The van der Waals surface area contributed by atoms with E-state index in [-0.39, 0.29) is 6.04 Å². The van der Waals surface area contributed by atoms with Crippen molar-refractivity contribution in [2.45, 2.75) is 57.5 Å². The molecule has 0 aliphatic heterocycles. The van der Waals surface area contributed by atoms with Crippen LogP contribution in [0.3, 0.4) is 0 Å². The summed E-state index contributed by atoms with van der Waals surface area (Å²) in [6.45, 7) is 1.63. The molecule has 0 spiro atoms. The monoisotopic (exact) mass is 276 g/mol. The third kappa shape index (κ3) is 3.87. The van der Waals surface area contributed by atoms with Crippen LogP contribution < -0.4 is 0 Å². The van der Waals surface area contributed by atoms with E-state index < -0.39 is 23.8 Å². The zero-order valence-corrected chi connectivity index (χ0v) is 11.8. The van der Waals surface area contributed by atoms with Crippen LogP contribution in [0.15, 0.2) is 0 Å². The first-order chi connectivity index (χ1) is 8.99. The SMILES string of the molecule is [2H]C(Cl)C(=O)N(C1CCCCCC1)[C@@H](C)C(=O)OC. The molecule has 0 heterocycles. The zero-order chi connectivity index (χ0) is 14.4. The van der Waals surface area contributed by atoms with Gasteiger partial charge in [-0.05, 0) is 19.8 Å². The van der Waals surface area contributed by atoms with Crippen LogP contribution in [0, 0.1) is 0 Å². The molecule has 0 aromatic heterocycles. The predicted molar refractivity (Wildman–Crippen MR) is 70.5 cm³/mol. The number of amides is 1. The van der Waals surface area contributed by atoms with Crippen LogP contribution in [-0.4, -0.2) is 41.8 Å². The molecule has 1 aliphatic rings. The van der Waals surface area contributed by atoms with Crippen molar-refractivity contribution in [3.05, 3.63) is 0 Å². The fourth-order valence-electron chi connectivity index (χ4n) is 2.56. The van der Waals surface area contributed by atoms with Gasteiger partial charge in [0.1, 0.15) is 11.9 Å². The van der Waals surface area contributed by atoms with Crippen LogP contribution in [0.25, 0.3) is 0 Å². The number of carbonyl (C=O) groups excluding carboxylic acids is 2. The van der Waals surface area contributed by atoms with Gasteiger partial charge in [0.15, 0.2) is 0 Å². The molecule has 104 valence electrons. The van der Waals surface area contributed by atoms with Gasteiger partial charge in [-0.25, -0.2) is 4.79 Å². The molecule has 0 radical (unpaired) electrons. The molecule has 0 aromatic rings. The maximum Gasteiger partial charge on any atom is 0.328 e. The molecular formula is C13H22ClNO3. The lowest BCUT2D eigenvalue weighted by molar-refractivity contribution is -0.153. The Hall–Kier alpha value is -0.770. The van der Waals surface area contributed by atoms with Crippen LogP contribution in [0.5, 0.6) is 0 Å². The zero-order valence-electron chi connectivity index (χ0n) is 12.0. The van der Waals surface area contributed by atoms with E-state index in [1.165, 1.54) is 12.0 Å². The number of rotatable bonds is 4. The van der Waals surface area contributed by atoms with E-state index in [4.69, 9.17) is 17.7 Å². The Morgan fingerprint density at radius 3 is 2.39 bits per heavy atom. The molecule has 5 heteroatoms. The van der Waals surface area contributed by atoms with E-state index in [0.29, 0.717) is 0 Å². The van der Waals surface area contributed by atoms with Gasteiger partial charge in [0.25, 0.3) is 0 Å². The first-order valence-electron chi connectivity index (χ1n) is 7.03. The number of alkyl halides is 1. The van der Waals surface area contributed by atoms with Gasteiger partial charge in [0, 0.05) is 6.04 Å². The van der Waals surface area contributed by atoms with E-state index in [9.17, 15) is 9.59 Å². The van der Waals surface area contributed by atoms with Gasteiger partial charge in [0.2, 0.25) is 5.91 Å². The summed E-state index contributed by atoms with van der Waals surface area (Å²) in [6.07, 6.45) is 6.08. The van der Waals surface area contributed by atoms with Gasteiger partial charge in [-0.1, -0.05) is 25.7 Å². The Morgan fingerprint density at radius 1 is 1.39 bits per heavy atom. The fourth-order valence-corrected chi connectivity index (χ4v) is 2.68. The minimum absolute atomic E-state index is 0.0179. The third-order valence-corrected chi connectivity index (χ3v) is 3.71. The average Bonchev–Trinajstić information content (AvgIpc) is 2.66. The van der Waals surface area contributed by atoms with Crippen molar-refractivity contribution in [3.63, 3.8) is 0 Å². The molecule has 0 aromatic carbocycles. The number of hydrogen-bond acceptors (Lipinski definition) is 3. The third-order valence-electron chi connectivity index (χ3n) is 3.53. The number of hydrogen-bond donors (Lipinski definition) is 0. The number of carbonyl (C=O) groups is 2. The molecule has 0 saturated heterocycles. The highest BCUT2D eigenvalue weighted by atomic mass is 35.5. The maximum absolute atomic E-state index is 12.1. The summed E-state index contributed by atoms with van der Waals surface area (Å²) in [7, 11) is 1.30.